The molecule has 0 unspecified atom stereocenters. The van der Waals surface area contributed by atoms with Crippen LogP contribution in [0.25, 0.3) is 0 Å². The van der Waals surface area contributed by atoms with Crippen molar-refractivity contribution in [3.8, 4) is 0 Å². The molecule has 0 aliphatic heterocycles. The van der Waals surface area contributed by atoms with E-state index in [-0.39, 0.29) is 6.10 Å². The summed E-state index contributed by atoms with van der Waals surface area (Å²) < 4.78 is 348. The van der Waals surface area contributed by atoms with Gasteiger partial charge in [-0.05, 0) is 38.1 Å². The summed E-state index contributed by atoms with van der Waals surface area (Å²) >= 11 is 0. The maximum atomic E-state index is 14.2. The highest BCUT2D eigenvalue weighted by Crippen LogP contribution is 2.41. The van der Waals surface area contributed by atoms with E-state index in [9.17, 15) is 110 Å². The number of nitrogens with zero attached hydrogens (tertiary/aromatic N) is 2. The number of benzene rings is 5. The highest BCUT2D eigenvalue weighted by atomic mass is 19.4. The van der Waals surface area contributed by atoms with Gasteiger partial charge in [0.15, 0.2) is 12.7 Å². The molecule has 0 radical (unpaired) electrons. The molecule has 0 bridgehead atoms. The summed E-state index contributed by atoms with van der Waals surface area (Å²) in [4.78, 5) is 15.8. The Balaban J connectivity index is 0.000000468. The van der Waals surface area contributed by atoms with Crippen molar-refractivity contribution in [1.29, 1.82) is 0 Å². The number of carbonyl (C=O) groups excluding carboxylic acids is 1. The molecule has 5 aromatic carbocycles. The number of hydrogen-bond donors (Lipinski definition) is 0. The minimum Gasteiger partial charge on any atom is -0.458 e. The Bertz CT molecular complexity index is 2600. The number of alkyl halides is 24. The molecule has 1 heterocycles. The maximum Gasteiger partial charge on any atom is 0.416 e. The number of esters is 1. The van der Waals surface area contributed by atoms with E-state index in [1.54, 1.807) is 12.4 Å². The number of carbonyl (C=O) groups is 1. The molecule has 410 valence electrons. The fourth-order valence-electron chi connectivity index (χ4n) is 7.78. The Kier molecular flexibility index (Phi) is 16.5. The van der Waals surface area contributed by atoms with Gasteiger partial charge in [-0.1, -0.05) is 78.9 Å². The van der Waals surface area contributed by atoms with Crippen LogP contribution < -0.4 is 26.4 Å². The number of ether oxygens (including phenoxy) is 1. The summed E-state index contributed by atoms with van der Waals surface area (Å²) in [6.07, 6.45) is -49.8. The largest absolute Gasteiger partial charge is 0.458 e. The summed E-state index contributed by atoms with van der Waals surface area (Å²) in [7, 11) is 0. The Morgan fingerprint density at radius 3 is 0.947 bits per heavy atom. The van der Waals surface area contributed by atoms with Crippen LogP contribution in [0.5, 0.6) is 0 Å². The molecule has 0 fully saturated rings. The molecule has 0 aliphatic rings. The summed E-state index contributed by atoms with van der Waals surface area (Å²) in [5.41, 5.74) is -28.7. The standard InChI is InChI=1S/C32H12BF24.C15H17N2O2/c34-25(35,36)13-1-14(26(37,38)39)6-21(5-13)33(22-7-15(27(40,41)42)2-16(8-22)28(43,44)45,23-9-17(29(46,47)48)3-18(10-23)30(49,50)51)24-11-19(31(52,53)54)4-20(12-24)32(55,56)57;1-12(2)19-15(18)14-11-17(9-8-16-14)10-13-6-4-3-5-7-13/h1-12H;3-9,11-12H,10H2,1-2H3/q-1;+1. The van der Waals surface area contributed by atoms with E-state index in [4.69, 9.17) is 4.74 Å². The fourth-order valence-corrected chi connectivity index (χ4v) is 7.78. The first-order valence-electron chi connectivity index (χ1n) is 20.9. The lowest BCUT2D eigenvalue weighted by atomic mass is 9.12. The average molecular weight is 1120 g/mol. The summed E-state index contributed by atoms with van der Waals surface area (Å²) in [5.74, 6) is -0.391. The van der Waals surface area contributed by atoms with E-state index in [1.165, 1.54) is 5.56 Å². The SMILES string of the molecule is CC(C)OC(=O)c1c[n+](Cc2ccccc2)ccn1.FC(F)(F)c1cc([B-](c2cc(C(F)(F)F)cc(C(F)(F)F)c2)(c2cc(C(F)(F)F)cc(C(F)(F)F)c2)c2cc(C(F)(F)F)cc(C(F)(F)F)c2)cc(C(F)(F)F)c1. The normalized spacial score (nSPS) is 13.4. The van der Waals surface area contributed by atoms with Crippen LogP contribution in [0.2, 0.25) is 0 Å². The van der Waals surface area contributed by atoms with Gasteiger partial charge in [-0.2, -0.15) is 132 Å². The van der Waals surface area contributed by atoms with Gasteiger partial charge in [-0.15, -0.1) is 0 Å². The van der Waals surface area contributed by atoms with Crippen molar-refractivity contribution in [3.63, 3.8) is 0 Å². The van der Waals surface area contributed by atoms with Crippen LogP contribution in [0.4, 0.5) is 105 Å². The van der Waals surface area contributed by atoms with Gasteiger partial charge in [0.1, 0.15) is 6.15 Å². The minimum atomic E-state index is -6.13. The second kappa shape index (κ2) is 20.9. The lowest BCUT2D eigenvalue weighted by molar-refractivity contribution is -0.689. The first-order valence-corrected chi connectivity index (χ1v) is 20.9. The van der Waals surface area contributed by atoms with Gasteiger partial charge in [0, 0.05) is 5.56 Å². The monoisotopic (exact) mass is 1120 g/mol. The van der Waals surface area contributed by atoms with Crippen molar-refractivity contribution in [2.75, 3.05) is 0 Å². The Labute approximate surface area is 411 Å². The number of aromatic nitrogens is 2. The smallest absolute Gasteiger partial charge is 0.416 e. The van der Waals surface area contributed by atoms with Gasteiger partial charge in [0.25, 0.3) is 0 Å². The molecular formula is C47H29BF24N2O2. The molecule has 6 aromatic rings. The summed E-state index contributed by atoms with van der Waals surface area (Å²) in [6, 6.07) is 1.23. The maximum absolute atomic E-state index is 14.2. The third kappa shape index (κ3) is 14.3. The molecule has 1 aromatic heterocycles. The van der Waals surface area contributed by atoms with Crippen molar-refractivity contribution in [1.82, 2.24) is 4.98 Å². The van der Waals surface area contributed by atoms with E-state index in [0.717, 1.165) is 0 Å². The highest BCUT2D eigenvalue weighted by molar-refractivity contribution is 7.20. The quantitative estimate of drug-likeness (QED) is 0.0660. The zero-order chi connectivity index (χ0) is 57.6. The summed E-state index contributed by atoms with van der Waals surface area (Å²) in [6.45, 7) is 4.34. The molecule has 0 saturated carbocycles. The molecule has 0 aliphatic carbocycles. The Morgan fingerprint density at radius 2 is 0.711 bits per heavy atom. The predicted octanol–water partition coefficient (Wildman–Crippen LogP) is 13.2. The lowest BCUT2D eigenvalue weighted by Crippen LogP contribution is -2.75. The summed E-state index contributed by atoms with van der Waals surface area (Å²) in [5, 5.41) is 0. The van der Waals surface area contributed by atoms with Crippen molar-refractivity contribution in [3.05, 3.63) is 177 Å². The van der Waals surface area contributed by atoms with Crippen molar-refractivity contribution < 1.29 is 119 Å². The zero-order valence-electron chi connectivity index (χ0n) is 37.7. The highest BCUT2D eigenvalue weighted by Gasteiger charge is 2.47. The van der Waals surface area contributed by atoms with Crippen LogP contribution in [0.3, 0.4) is 0 Å². The molecule has 0 saturated heterocycles. The number of rotatable bonds is 8. The molecule has 76 heavy (non-hydrogen) atoms. The molecule has 0 atom stereocenters. The fraction of sp³-hybridized carbons (Fsp3) is 0.255. The second-order valence-electron chi connectivity index (χ2n) is 16.8. The van der Waals surface area contributed by atoms with E-state index in [1.807, 2.05) is 54.9 Å². The van der Waals surface area contributed by atoms with Gasteiger partial charge in [0.05, 0.1) is 56.8 Å². The van der Waals surface area contributed by atoms with Crippen LogP contribution in [0.1, 0.15) is 74.4 Å². The van der Waals surface area contributed by atoms with E-state index in [2.05, 4.69) is 4.98 Å². The molecule has 0 N–H and O–H groups in total. The molecule has 0 spiro atoms. The van der Waals surface area contributed by atoms with Gasteiger partial charge < -0.3 is 4.74 Å². The van der Waals surface area contributed by atoms with Crippen LogP contribution in [-0.4, -0.2) is 23.2 Å². The number of hydrogen-bond acceptors (Lipinski definition) is 3. The predicted molar refractivity (Wildman–Crippen MR) is 221 cm³/mol. The van der Waals surface area contributed by atoms with Crippen LogP contribution >= 0.6 is 0 Å². The molecular weight excluding hydrogens is 1090 g/mol. The minimum absolute atomic E-state index is 0.142. The average Bonchev–Trinajstić information content (AvgIpc) is 3.27. The molecule has 0 amide bonds. The first-order chi connectivity index (χ1) is 34.4. The topological polar surface area (TPSA) is 43.1 Å². The lowest BCUT2D eigenvalue weighted by Gasteiger charge is -2.46. The van der Waals surface area contributed by atoms with E-state index >= 15 is 0 Å². The van der Waals surface area contributed by atoms with Gasteiger partial charge in [0.2, 0.25) is 11.9 Å². The zero-order valence-corrected chi connectivity index (χ0v) is 37.7. The van der Waals surface area contributed by atoms with Gasteiger partial charge in [-0.3, -0.25) is 0 Å². The van der Waals surface area contributed by atoms with Crippen molar-refractivity contribution >= 4 is 34.0 Å². The molecule has 4 nitrogen and oxygen atoms in total. The van der Waals surface area contributed by atoms with Crippen LogP contribution in [0, 0.1) is 0 Å². The molecule has 6 rings (SSSR count). The molecule has 29 heteroatoms. The third-order valence-corrected chi connectivity index (χ3v) is 11.0. The number of halogens is 24. The van der Waals surface area contributed by atoms with E-state index in [0.29, 0.717) is 12.2 Å². The van der Waals surface area contributed by atoms with Gasteiger partial charge in [-0.25, -0.2) is 9.78 Å². The van der Waals surface area contributed by atoms with Crippen molar-refractivity contribution in [2.45, 2.75) is 75.9 Å². The van der Waals surface area contributed by atoms with Crippen molar-refractivity contribution in [2.24, 2.45) is 0 Å². The van der Waals surface area contributed by atoms with Crippen LogP contribution in [-0.2, 0) is 60.7 Å². The van der Waals surface area contributed by atoms with Gasteiger partial charge >= 0.3 is 55.4 Å². The van der Waals surface area contributed by atoms with E-state index < -0.39 is 201 Å². The van der Waals surface area contributed by atoms with Crippen LogP contribution in [0.15, 0.2) is 122 Å². The Morgan fingerprint density at radius 1 is 0.447 bits per heavy atom. The second-order valence-corrected chi connectivity index (χ2v) is 16.8. The third-order valence-electron chi connectivity index (χ3n) is 11.0. The Hall–Kier alpha value is -6.97. The first kappa shape index (κ1) is 59.9.